The number of carbonyl (C=O) groups is 2. The quantitative estimate of drug-likeness (QED) is 0.265. The predicted molar refractivity (Wildman–Crippen MR) is 167 cm³/mol. The molecule has 1 saturated heterocycles. The Balaban J connectivity index is 1.31. The highest BCUT2D eigenvalue weighted by Gasteiger charge is 2.72. The molecule has 0 bridgehead atoms. The molecule has 42 heavy (non-hydrogen) atoms. The van der Waals surface area contributed by atoms with Gasteiger partial charge in [-0.1, -0.05) is 46.8 Å². The molecular formula is C37H59NO4. The molecule has 11 atom stereocenters. The van der Waals surface area contributed by atoms with E-state index in [9.17, 15) is 9.59 Å². The van der Waals surface area contributed by atoms with Crippen LogP contribution in [0.4, 0.5) is 0 Å². The summed E-state index contributed by atoms with van der Waals surface area (Å²) in [6.45, 7) is 22.4. The third-order valence-corrected chi connectivity index (χ3v) is 15.3. The maximum atomic E-state index is 14.3. The number of allylic oxidation sites excluding steroid dienone is 1. The molecule has 6 fully saturated rings. The molecule has 5 saturated carbocycles. The van der Waals surface area contributed by atoms with Gasteiger partial charge >= 0.3 is 5.97 Å². The predicted octanol–water partition coefficient (Wildman–Crippen LogP) is 7.87. The van der Waals surface area contributed by atoms with Gasteiger partial charge in [-0.05, 0) is 130 Å². The molecule has 1 N–H and O–H groups in total. The van der Waals surface area contributed by atoms with Crippen LogP contribution in [0.15, 0.2) is 12.2 Å². The minimum atomic E-state index is -0.263. The summed E-state index contributed by atoms with van der Waals surface area (Å²) in [4.78, 5) is 26.3. The molecule has 0 spiro atoms. The first kappa shape index (κ1) is 30.7. The summed E-state index contributed by atoms with van der Waals surface area (Å²) in [5, 5.41) is 3.43. The van der Waals surface area contributed by atoms with Crippen LogP contribution in [0.3, 0.4) is 0 Å². The van der Waals surface area contributed by atoms with E-state index in [0.717, 1.165) is 58.0 Å². The number of carbonyl (C=O) groups excluding carboxylic acids is 2. The standard InChI is InChI=1S/C37H59NO4/c1-23(2)26-13-18-37(32(40)38-22-25-10-9-21-41-25)20-19-35(7)27(31(26)37)11-12-29-34(6)16-15-30(42-24(3)39)33(4,5)28(34)14-17-36(29,35)8/h25-31H,1,9-22H2,2-8H3,(H,38,40)/t25?,26-,27+,28-,29+,30-,31?,34-,35+,36+,37-/m0/s1. The van der Waals surface area contributed by atoms with Crippen LogP contribution < -0.4 is 5.32 Å². The van der Waals surface area contributed by atoms with Crippen LogP contribution in [-0.4, -0.2) is 37.2 Å². The summed E-state index contributed by atoms with van der Waals surface area (Å²) in [7, 11) is 0. The van der Waals surface area contributed by atoms with Gasteiger partial charge in [-0.2, -0.15) is 0 Å². The van der Waals surface area contributed by atoms with E-state index in [1.54, 1.807) is 6.92 Å². The van der Waals surface area contributed by atoms with Crippen molar-refractivity contribution in [1.29, 1.82) is 0 Å². The lowest BCUT2D eigenvalue weighted by Gasteiger charge is -2.72. The number of rotatable bonds is 5. The average Bonchev–Trinajstić information content (AvgIpc) is 3.58. The topological polar surface area (TPSA) is 64.6 Å². The third kappa shape index (κ3) is 4.24. The zero-order chi connectivity index (χ0) is 30.3. The van der Waals surface area contributed by atoms with Crippen LogP contribution in [0, 0.1) is 56.7 Å². The number of amides is 1. The lowest BCUT2D eigenvalue weighted by molar-refractivity contribution is -0.248. The molecule has 6 aliphatic rings. The van der Waals surface area contributed by atoms with Crippen LogP contribution in [0.2, 0.25) is 0 Å². The van der Waals surface area contributed by atoms with E-state index in [-0.39, 0.29) is 45.3 Å². The van der Waals surface area contributed by atoms with Gasteiger partial charge in [0, 0.05) is 25.5 Å². The third-order valence-electron chi connectivity index (χ3n) is 15.3. The molecule has 6 rings (SSSR count). The number of hydrogen-bond donors (Lipinski definition) is 1. The summed E-state index contributed by atoms with van der Waals surface area (Å²) in [6, 6.07) is 0. The Hall–Kier alpha value is -1.36. The molecule has 5 nitrogen and oxygen atoms in total. The van der Waals surface area contributed by atoms with Crippen molar-refractivity contribution in [3.63, 3.8) is 0 Å². The fraction of sp³-hybridized carbons (Fsp3) is 0.892. The molecule has 1 heterocycles. The van der Waals surface area contributed by atoms with E-state index in [1.165, 1.54) is 31.3 Å². The highest BCUT2D eigenvalue weighted by atomic mass is 16.5. The van der Waals surface area contributed by atoms with Gasteiger partial charge in [0.2, 0.25) is 5.91 Å². The Kier molecular flexibility index (Phi) is 7.55. The molecule has 236 valence electrons. The Bertz CT molecular complexity index is 1110. The first-order valence-electron chi connectivity index (χ1n) is 17.4. The van der Waals surface area contributed by atoms with Gasteiger partial charge in [0.25, 0.3) is 0 Å². The SMILES string of the molecule is C=C(C)[C@@H]1CC[C@]2(C(=O)NCC3CCCO3)CC[C@]3(C)[C@H](CC[C@@H]4[C@@]5(C)CC[C@H](OC(C)=O)C(C)(C)[C@@H]5CC[C@]43C)C12. The molecule has 0 radical (unpaired) electrons. The first-order chi connectivity index (χ1) is 19.7. The van der Waals surface area contributed by atoms with Crippen LogP contribution in [-0.2, 0) is 19.1 Å². The Morgan fingerprint density at radius 3 is 2.29 bits per heavy atom. The van der Waals surface area contributed by atoms with Crippen LogP contribution in [0.25, 0.3) is 0 Å². The number of esters is 1. The number of ether oxygens (including phenoxy) is 2. The molecule has 5 aliphatic carbocycles. The molecule has 1 amide bonds. The van der Waals surface area contributed by atoms with E-state index < -0.39 is 0 Å². The molecule has 0 aromatic heterocycles. The lowest BCUT2D eigenvalue weighted by atomic mass is 9.32. The van der Waals surface area contributed by atoms with Gasteiger partial charge < -0.3 is 14.8 Å². The Labute approximate surface area is 255 Å². The first-order valence-corrected chi connectivity index (χ1v) is 17.4. The van der Waals surface area contributed by atoms with Crippen molar-refractivity contribution >= 4 is 11.9 Å². The van der Waals surface area contributed by atoms with Gasteiger partial charge in [-0.3, -0.25) is 9.59 Å². The van der Waals surface area contributed by atoms with E-state index in [0.29, 0.717) is 42.0 Å². The minimum Gasteiger partial charge on any atom is -0.462 e. The Morgan fingerprint density at radius 1 is 0.857 bits per heavy atom. The van der Waals surface area contributed by atoms with Crippen molar-refractivity contribution in [3.8, 4) is 0 Å². The summed E-state index contributed by atoms with van der Waals surface area (Å²) >= 11 is 0. The smallest absolute Gasteiger partial charge is 0.302 e. The van der Waals surface area contributed by atoms with E-state index in [2.05, 4.69) is 53.4 Å². The number of nitrogens with one attached hydrogen (secondary N) is 1. The molecule has 0 aromatic rings. The maximum Gasteiger partial charge on any atom is 0.302 e. The van der Waals surface area contributed by atoms with E-state index in [4.69, 9.17) is 9.47 Å². The highest BCUT2D eigenvalue weighted by Crippen LogP contribution is 2.77. The zero-order valence-corrected chi connectivity index (χ0v) is 27.8. The second-order valence-electron chi connectivity index (χ2n) is 17.1. The van der Waals surface area contributed by atoms with Crippen LogP contribution >= 0.6 is 0 Å². The van der Waals surface area contributed by atoms with Gasteiger partial charge in [-0.15, -0.1) is 0 Å². The lowest BCUT2D eigenvalue weighted by Crippen LogP contribution is -2.67. The van der Waals surface area contributed by atoms with Gasteiger partial charge in [0.15, 0.2) is 0 Å². The fourth-order valence-electron chi connectivity index (χ4n) is 13.1. The van der Waals surface area contributed by atoms with E-state index in [1.807, 2.05) is 0 Å². The molecule has 2 unspecified atom stereocenters. The monoisotopic (exact) mass is 581 g/mol. The molecule has 5 heteroatoms. The van der Waals surface area contributed by atoms with Crippen molar-refractivity contribution in [3.05, 3.63) is 12.2 Å². The highest BCUT2D eigenvalue weighted by molar-refractivity contribution is 5.84. The minimum absolute atomic E-state index is 0.0163. The van der Waals surface area contributed by atoms with Crippen molar-refractivity contribution in [2.24, 2.45) is 56.7 Å². The largest absolute Gasteiger partial charge is 0.462 e. The fourth-order valence-corrected chi connectivity index (χ4v) is 13.1. The van der Waals surface area contributed by atoms with Gasteiger partial charge in [-0.25, -0.2) is 0 Å². The van der Waals surface area contributed by atoms with Crippen molar-refractivity contribution in [1.82, 2.24) is 5.32 Å². The molecule has 0 aromatic carbocycles. The van der Waals surface area contributed by atoms with Crippen LogP contribution in [0.1, 0.15) is 126 Å². The summed E-state index contributed by atoms with van der Waals surface area (Å²) in [5.41, 5.74) is 1.71. The summed E-state index contributed by atoms with van der Waals surface area (Å²) in [6.07, 6.45) is 13.7. The second kappa shape index (κ2) is 10.3. The van der Waals surface area contributed by atoms with E-state index >= 15 is 0 Å². The summed E-state index contributed by atoms with van der Waals surface area (Å²) < 4.78 is 11.8. The zero-order valence-electron chi connectivity index (χ0n) is 27.8. The van der Waals surface area contributed by atoms with Gasteiger partial charge in [0.1, 0.15) is 6.10 Å². The maximum absolute atomic E-state index is 14.3. The molecule has 1 aliphatic heterocycles. The normalized spacial score (nSPS) is 49.2. The summed E-state index contributed by atoms with van der Waals surface area (Å²) in [5.74, 6) is 2.76. The second-order valence-corrected chi connectivity index (χ2v) is 17.1. The number of hydrogen-bond acceptors (Lipinski definition) is 4. The van der Waals surface area contributed by atoms with Crippen LogP contribution in [0.5, 0.6) is 0 Å². The number of fused-ring (bicyclic) bond motifs is 7. The van der Waals surface area contributed by atoms with Crippen molar-refractivity contribution in [2.75, 3.05) is 13.2 Å². The Morgan fingerprint density at radius 2 is 1.62 bits per heavy atom. The average molecular weight is 582 g/mol. The van der Waals surface area contributed by atoms with Crippen molar-refractivity contribution < 1.29 is 19.1 Å². The molecular weight excluding hydrogens is 522 g/mol. The van der Waals surface area contributed by atoms with Gasteiger partial charge in [0.05, 0.1) is 11.5 Å². The van der Waals surface area contributed by atoms with Crippen molar-refractivity contribution in [2.45, 2.75) is 138 Å².